The third-order valence-electron chi connectivity index (χ3n) is 1.69. The number of carbonyl (C=O) groups is 1. The zero-order chi connectivity index (χ0) is 11.4. The second-order valence-electron chi connectivity index (χ2n) is 2.77. The molecule has 0 atom stereocenters. The van der Waals surface area contributed by atoms with Crippen LogP contribution in [0, 0.1) is 0 Å². The van der Waals surface area contributed by atoms with Crippen molar-refractivity contribution in [3.63, 3.8) is 0 Å². The lowest BCUT2D eigenvalue weighted by molar-refractivity contribution is 0.0508. The predicted octanol–water partition coefficient (Wildman–Crippen LogP) is 0.703. The molecular weight excluding hydrogens is 212 g/mol. The minimum absolute atomic E-state index is 0.110. The second kappa shape index (κ2) is 4.47. The normalized spacial score (nSPS) is 10.1. The Bertz CT molecular complexity index is 483. The summed E-state index contributed by atoms with van der Waals surface area (Å²) in [5, 5.41) is 3.49. The lowest BCUT2D eigenvalue weighted by Crippen LogP contribution is -2.06. The average molecular weight is 220 g/mol. The van der Waals surface area contributed by atoms with E-state index in [1.54, 1.807) is 6.92 Å². The predicted molar refractivity (Wildman–Crippen MR) is 51.3 cm³/mol. The number of nitrogens with zero attached hydrogens (tertiary/aromatic N) is 4. The maximum absolute atomic E-state index is 11.3. The molecule has 0 spiro atoms. The number of rotatable bonds is 3. The van der Waals surface area contributed by atoms with E-state index in [2.05, 4.69) is 20.1 Å². The molecule has 0 fully saturated rings. The van der Waals surface area contributed by atoms with Crippen molar-refractivity contribution in [2.45, 2.75) is 6.92 Å². The van der Waals surface area contributed by atoms with Crippen LogP contribution in [0.2, 0.25) is 0 Å². The number of hydrogen-bond acceptors (Lipinski definition) is 7. The van der Waals surface area contributed by atoms with Gasteiger partial charge in [0, 0.05) is 12.4 Å². The van der Waals surface area contributed by atoms with Crippen molar-refractivity contribution < 1.29 is 14.1 Å². The van der Waals surface area contributed by atoms with Crippen molar-refractivity contribution in [1.82, 2.24) is 20.1 Å². The first-order valence-electron chi connectivity index (χ1n) is 4.57. The molecule has 0 unspecified atom stereocenters. The van der Waals surface area contributed by atoms with Gasteiger partial charge in [-0.05, 0) is 12.1 Å². The van der Waals surface area contributed by atoms with Crippen molar-refractivity contribution in [3.8, 4) is 11.5 Å². The van der Waals surface area contributed by atoms with E-state index in [0.717, 1.165) is 0 Å². The first-order valence-corrected chi connectivity index (χ1v) is 4.57. The highest BCUT2D eigenvalue weighted by molar-refractivity contribution is 5.85. The smallest absolute Gasteiger partial charge is 0.379 e. The standard InChI is InChI=1S/C9H8N4O3/c1-2-15-9(14)7-12-8(16-13-7)6-3-10-5-11-4-6/h3-5H,2H2,1H3. The van der Waals surface area contributed by atoms with Crippen molar-refractivity contribution in [3.05, 3.63) is 24.5 Å². The summed E-state index contributed by atoms with van der Waals surface area (Å²) in [5.41, 5.74) is 0.547. The molecule has 7 nitrogen and oxygen atoms in total. The largest absolute Gasteiger partial charge is 0.460 e. The zero-order valence-electron chi connectivity index (χ0n) is 8.45. The van der Waals surface area contributed by atoms with Crippen LogP contribution in [-0.2, 0) is 4.74 Å². The number of carbonyl (C=O) groups excluding carboxylic acids is 1. The van der Waals surface area contributed by atoms with E-state index in [1.165, 1.54) is 18.7 Å². The highest BCUT2D eigenvalue weighted by Crippen LogP contribution is 2.14. The summed E-state index contributed by atoms with van der Waals surface area (Å²) in [6, 6.07) is 0. The molecule has 0 saturated carbocycles. The topological polar surface area (TPSA) is 91.0 Å². The Kier molecular flexibility index (Phi) is 2.86. The van der Waals surface area contributed by atoms with Crippen LogP contribution in [-0.4, -0.2) is 32.7 Å². The summed E-state index contributed by atoms with van der Waals surface area (Å²) in [5.74, 6) is -0.543. The summed E-state index contributed by atoms with van der Waals surface area (Å²) in [6.07, 6.45) is 4.40. The van der Waals surface area contributed by atoms with Crippen LogP contribution in [0.1, 0.15) is 17.5 Å². The van der Waals surface area contributed by atoms with E-state index in [-0.39, 0.29) is 18.3 Å². The summed E-state index contributed by atoms with van der Waals surface area (Å²) < 4.78 is 9.60. The van der Waals surface area contributed by atoms with Crippen molar-refractivity contribution in [2.24, 2.45) is 0 Å². The van der Waals surface area contributed by atoms with E-state index >= 15 is 0 Å². The third kappa shape index (κ3) is 2.02. The Morgan fingerprint density at radius 2 is 2.19 bits per heavy atom. The van der Waals surface area contributed by atoms with E-state index in [0.29, 0.717) is 5.56 Å². The van der Waals surface area contributed by atoms with Gasteiger partial charge in [-0.1, -0.05) is 0 Å². The number of ether oxygens (including phenoxy) is 1. The molecule has 82 valence electrons. The van der Waals surface area contributed by atoms with Gasteiger partial charge < -0.3 is 9.26 Å². The summed E-state index contributed by atoms with van der Waals surface area (Å²) >= 11 is 0. The van der Waals surface area contributed by atoms with E-state index in [4.69, 9.17) is 9.26 Å². The molecule has 0 aliphatic carbocycles. The minimum atomic E-state index is -0.616. The SMILES string of the molecule is CCOC(=O)c1noc(-c2cncnc2)n1. The van der Waals surface area contributed by atoms with Crippen LogP contribution in [0.5, 0.6) is 0 Å². The van der Waals surface area contributed by atoms with Gasteiger partial charge in [-0.25, -0.2) is 14.8 Å². The van der Waals surface area contributed by atoms with Crippen LogP contribution < -0.4 is 0 Å². The van der Waals surface area contributed by atoms with Crippen LogP contribution in [0.3, 0.4) is 0 Å². The Labute approximate surface area is 90.5 Å². The average Bonchev–Trinajstić information content (AvgIpc) is 2.80. The molecule has 0 aliphatic rings. The van der Waals surface area contributed by atoms with Crippen molar-refractivity contribution in [2.75, 3.05) is 6.61 Å². The Balaban J connectivity index is 2.23. The fourth-order valence-electron chi connectivity index (χ4n) is 1.03. The van der Waals surface area contributed by atoms with Crippen molar-refractivity contribution >= 4 is 5.97 Å². The lowest BCUT2D eigenvalue weighted by Gasteiger charge is -1.93. The maximum atomic E-state index is 11.3. The van der Waals surface area contributed by atoms with Gasteiger partial charge in [-0.3, -0.25) is 0 Å². The van der Waals surface area contributed by atoms with Gasteiger partial charge in [0.15, 0.2) is 0 Å². The maximum Gasteiger partial charge on any atom is 0.379 e. The molecule has 2 aromatic rings. The molecule has 7 heteroatoms. The Morgan fingerprint density at radius 1 is 1.44 bits per heavy atom. The van der Waals surface area contributed by atoms with Crippen LogP contribution in [0.25, 0.3) is 11.5 Å². The minimum Gasteiger partial charge on any atom is -0.460 e. The van der Waals surface area contributed by atoms with Gasteiger partial charge in [0.1, 0.15) is 6.33 Å². The van der Waals surface area contributed by atoms with Gasteiger partial charge in [-0.15, -0.1) is 0 Å². The molecule has 0 bridgehead atoms. The third-order valence-corrected chi connectivity index (χ3v) is 1.69. The number of esters is 1. The fourth-order valence-corrected chi connectivity index (χ4v) is 1.03. The first kappa shape index (κ1) is 10.2. The van der Waals surface area contributed by atoms with E-state index in [1.807, 2.05) is 0 Å². The summed E-state index contributed by atoms with van der Waals surface area (Å²) in [4.78, 5) is 22.7. The molecule has 0 radical (unpaired) electrons. The number of aromatic nitrogens is 4. The van der Waals surface area contributed by atoms with E-state index in [9.17, 15) is 4.79 Å². The van der Waals surface area contributed by atoms with E-state index < -0.39 is 5.97 Å². The molecule has 2 rings (SSSR count). The molecule has 0 aromatic carbocycles. The quantitative estimate of drug-likeness (QED) is 0.703. The van der Waals surface area contributed by atoms with Crippen molar-refractivity contribution in [1.29, 1.82) is 0 Å². The highest BCUT2D eigenvalue weighted by atomic mass is 16.5. The van der Waals surface area contributed by atoms with Gasteiger partial charge >= 0.3 is 5.97 Å². The zero-order valence-corrected chi connectivity index (χ0v) is 8.45. The molecule has 16 heavy (non-hydrogen) atoms. The molecule has 2 aromatic heterocycles. The molecule has 0 aliphatic heterocycles. The Morgan fingerprint density at radius 3 is 2.88 bits per heavy atom. The molecule has 0 amide bonds. The highest BCUT2D eigenvalue weighted by Gasteiger charge is 2.16. The van der Waals surface area contributed by atoms with Crippen LogP contribution >= 0.6 is 0 Å². The van der Waals surface area contributed by atoms with Crippen LogP contribution in [0.4, 0.5) is 0 Å². The fraction of sp³-hybridized carbons (Fsp3) is 0.222. The molecule has 0 N–H and O–H groups in total. The Hall–Kier alpha value is -2.31. The first-order chi connectivity index (χ1) is 7.81. The van der Waals surface area contributed by atoms with Gasteiger partial charge in [-0.2, -0.15) is 4.98 Å². The number of hydrogen-bond donors (Lipinski definition) is 0. The van der Waals surface area contributed by atoms with Gasteiger partial charge in [0.25, 0.3) is 11.7 Å². The monoisotopic (exact) mass is 220 g/mol. The van der Waals surface area contributed by atoms with Gasteiger partial charge in [0.05, 0.1) is 12.2 Å². The summed E-state index contributed by atoms with van der Waals surface area (Å²) in [6.45, 7) is 1.96. The molecular formula is C9H8N4O3. The summed E-state index contributed by atoms with van der Waals surface area (Å²) in [7, 11) is 0. The van der Waals surface area contributed by atoms with Crippen LogP contribution in [0.15, 0.2) is 23.2 Å². The molecule has 2 heterocycles. The second-order valence-corrected chi connectivity index (χ2v) is 2.77. The molecule has 0 saturated heterocycles. The van der Waals surface area contributed by atoms with Gasteiger partial charge in [0.2, 0.25) is 0 Å². The lowest BCUT2D eigenvalue weighted by atomic mass is 10.3.